The first-order chi connectivity index (χ1) is 9.09. The van der Waals surface area contributed by atoms with E-state index in [1.165, 1.54) is 0 Å². The Morgan fingerprint density at radius 1 is 1.21 bits per heavy atom. The van der Waals surface area contributed by atoms with Crippen LogP contribution in [0, 0.1) is 0 Å². The summed E-state index contributed by atoms with van der Waals surface area (Å²) in [5, 5.41) is 3.05. The van der Waals surface area contributed by atoms with E-state index in [1.54, 1.807) is 0 Å². The molecule has 2 aliphatic rings. The zero-order valence-electron chi connectivity index (χ0n) is 12.3. The molecule has 2 fully saturated rings. The van der Waals surface area contributed by atoms with Gasteiger partial charge in [0.1, 0.15) is 0 Å². The van der Waals surface area contributed by atoms with E-state index < -0.39 is 0 Å². The van der Waals surface area contributed by atoms with Crippen LogP contribution < -0.4 is 5.32 Å². The molecule has 5 nitrogen and oxygen atoms in total. The highest BCUT2D eigenvalue weighted by Gasteiger charge is 2.35. The summed E-state index contributed by atoms with van der Waals surface area (Å²) in [7, 11) is 0. The molecule has 2 saturated heterocycles. The summed E-state index contributed by atoms with van der Waals surface area (Å²) in [6, 6.07) is 0.0913. The van der Waals surface area contributed by atoms with Gasteiger partial charge in [0.25, 0.3) is 0 Å². The Labute approximate surface area is 116 Å². The molecule has 1 N–H and O–H groups in total. The van der Waals surface area contributed by atoms with Crippen LogP contribution in [-0.4, -0.2) is 67.3 Å². The van der Waals surface area contributed by atoms with E-state index in [1.807, 2.05) is 4.90 Å². The van der Waals surface area contributed by atoms with Gasteiger partial charge in [-0.05, 0) is 33.1 Å². The molecule has 0 spiro atoms. The van der Waals surface area contributed by atoms with Crippen molar-refractivity contribution in [1.82, 2.24) is 15.1 Å². The summed E-state index contributed by atoms with van der Waals surface area (Å²) in [5.41, 5.74) is 0.0144. The molecule has 0 aromatic heterocycles. The first kappa shape index (κ1) is 14.6. The molecule has 2 rings (SSSR count). The highest BCUT2D eigenvalue weighted by molar-refractivity contribution is 5.75. The molecule has 5 heteroatoms. The van der Waals surface area contributed by atoms with Gasteiger partial charge < -0.3 is 15.0 Å². The van der Waals surface area contributed by atoms with E-state index >= 15 is 0 Å². The van der Waals surface area contributed by atoms with Crippen molar-refractivity contribution >= 4 is 6.03 Å². The molecule has 110 valence electrons. The number of rotatable bonds is 3. The van der Waals surface area contributed by atoms with Crippen LogP contribution >= 0.6 is 0 Å². The Kier molecular flexibility index (Phi) is 5.05. The van der Waals surface area contributed by atoms with E-state index in [2.05, 4.69) is 24.1 Å². The summed E-state index contributed by atoms with van der Waals surface area (Å²) < 4.78 is 5.42. The van der Waals surface area contributed by atoms with Crippen molar-refractivity contribution in [3.8, 4) is 0 Å². The summed E-state index contributed by atoms with van der Waals surface area (Å²) >= 11 is 0. The Hall–Kier alpha value is -0.810. The monoisotopic (exact) mass is 269 g/mol. The second kappa shape index (κ2) is 6.57. The average molecular weight is 269 g/mol. The van der Waals surface area contributed by atoms with Gasteiger partial charge in [-0.3, -0.25) is 4.90 Å². The third-order valence-corrected chi connectivity index (χ3v) is 4.17. The van der Waals surface area contributed by atoms with Crippen LogP contribution in [0.5, 0.6) is 0 Å². The lowest BCUT2D eigenvalue weighted by Crippen LogP contribution is -2.49. The average Bonchev–Trinajstić information content (AvgIpc) is 2.58. The van der Waals surface area contributed by atoms with Crippen LogP contribution in [0.1, 0.15) is 33.1 Å². The van der Waals surface area contributed by atoms with Gasteiger partial charge >= 0.3 is 6.03 Å². The van der Waals surface area contributed by atoms with Crippen LogP contribution in [-0.2, 0) is 4.74 Å². The topological polar surface area (TPSA) is 44.8 Å². The standard InChI is InChI=1S/C14H27N3O2/c1-14(2)5-3-8-17(14)13(18)15-6-9-16-7-4-11-19-12-10-16/h3-12H2,1-2H3,(H,15,18). The first-order valence-electron chi connectivity index (χ1n) is 7.45. The smallest absolute Gasteiger partial charge is 0.317 e. The number of carbonyl (C=O) groups is 1. The quantitative estimate of drug-likeness (QED) is 0.840. The number of hydrogen-bond donors (Lipinski definition) is 1. The number of ether oxygens (including phenoxy) is 1. The van der Waals surface area contributed by atoms with Crippen molar-refractivity contribution in [2.45, 2.75) is 38.6 Å². The van der Waals surface area contributed by atoms with E-state index in [9.17, 15) is 4.79 Å². The Balaban J connectivity index is 1.68. The minimum Gasteiger partial charge on any atom is -0.380 e. The van der Waals surface area contributed by atoms with Crippen LogP contribution in [0.15, 0.2) is 0 Å². The summed E-state index contributed by atoms with van der Waals surface area (Å²) in [5.74, 6) is 0. The Morgan fingerprint density at radius 2 is 2.05 bits per heavy atom. The second-order valence-corrected chi connectivity index (χ2v) is 6.11. The van der Waals surface area contributed by atoms with Gasteiger partial charge in [0.05, 0.1) is 6.61 Å². The second-order valence-electron chi connectivity index (χ2n) is 6.11. The highest BCUT2D eigenvalue weighted by atomic mass is 16.5. The Morgan fingerprint density at radius 3 is 2.79 bits per heavy atom. The van der Waals surface area contributed by atoms with Crippen molar-refractivity contribution < 1.29 is 9.53 Å². The first-order valence-corrected chi connectivity index (χ1v) is 7.45. The highest BCUT2D eigenvalue weighted by Crippen LogP contribution is 2.27. The number of hydrogen-bond acceptors (Lipinski definition) is 3. The number of nitrogens with one attached hydrogen (secondary N) is 1. The number of carbonyl (C=O) groups excluding carboxylic acids is 1. The fraction of sp³-hybridized carbons (Fsp3) is 0.929. The zero-order chi connectivity index (χ0) is 13.7. The fourth-order valence-electron chi connectivity index (χ4n) is 2.92. The predicted molar refractivity (Wildman–Crippen MR) is 75.3 cm³/mol. The molecule has 0 atom stereocenters. The van der Waals surface area contributed by atoms with Crippen molar-refractivity contribution in [3.05, 3.63) is 0 Å². The molecular formula is C14H27N3O2. The third-order valence-electron chi connectivity index (χ3n) is 4.17. The van der Waals surface area contributed by atoms with Crippen molar-refractivity contribution in [1.29, 1.82) is 0 Å². The fourth-order valence-corrected chi connectivity index (χ4v) is 2.92. The van der Waals surface area contributed by atoms with Gasteiger partial charge in [-0.1, -0.05) is 0 Å². The van der Waals surface area contributed by atoms with E-state index in [0.717, 1.165) is 65.2 Å². The van der Waals surface area contributed by atoms with Gasteiger partial charge in [-0.2, -0.15) is 0 Å². The van der Waals surface area contributed by atoms with Crippen LogP contribution in [0.4, 0.5) is 4.79 Å². The molecule has 0 unspecified atom stereocenters. The lowest BCUT2D eigenvalue weighted by molar-refractivity contribution is 0.141. The summed E-state index contributed by atoms with van der Waals surface area (Å²) in [4.78, 5) is 16.5. The Bertz CT molecular complexity index is 299. The predicted octanol–water partition coefficient (Wildman–Crippen LogP) is 1.29. The number of urea groups is 1. The number of nitrogens with zero attached hydrogens (tertiary/aromatic N) is 2. The van der Waals surface area contributed by atoms with Gasteiger partial charge in [0.2, 0.25) is 0 Å². The van der Waals surface area contributed by atoms with Crippen LogP contribution in [0.25, 0.3) is 0 Å². The minimum atomic E-state index is 0.0144. The third kappa shape index (κ3) is 4.08. The summed E-state index contributed by atoms with van der Waals surface area (Å²) in [6.45, 7) is 10.6. The lowest BCUT2D eigenvalue weighted by Gasteiger charge is -2.32. The van der Waals surface area contributed by atoms with Gasteiger partial charge in [0, 0.05) is 44.9 Å². The van der Waals surface area contributed by atoms with Gasteiger partial charge in [-0.15, -0.1) is 0 Å². The van der Waals surface area contributed by atoms with Crippen molar-refractivity contribution in [2.75, 3.05) is 45.9 Å². The normalized spacial score (nSPS) is 24.2. The maximum atomic E-state index is 12.1. The van der Waals surface area contributed by atoms with Gasteiger partial charge in [-0.25, -0.2) is 4.79 Å². The molecule has 2 amide bonds. The largest absolute Gasteiger partial charge is 0.380 e. The molecule has 0 aromatic carbocycles. The van der Waals surface area contributed by atoms with Crippen molar-refractivity contribution in [2.24, 2.45) is 0 Å². The van der Waals surface area contributed by atoms with E-state index in [-0.39, 0.29) is 11.6 Å². The summed E-state index contributed by atoms with van der Waals surface area (Å²) in [6.07, 6.45) is 3.31. The molecule has 2 heterocycles. The van der Waals surface area contributed by atoms with Gasteiger partial charge in [0.15, 0.2) is 0 Å². The maximum absolute atomic E-state index is 12.1. The number of amides is 2. The van der Waals surface area contributed by atoms with Crippen molar-refractivity contribution in [3.63, 3.8) is 0 Å². The van der Waals surface area contributed by atoms with Crippen LogP contribution in [0.2, 0.25) is 0 Å². The lowest BCUT2D eigenvalue weighted by atomic mass is 10.0. The molecular weight excluding hydrogens is 242 g/mol. The molecule has 19 heavy (non-hydrogen) atoms. The molecule has 0 saturated carbocycles. The van der Waals surface area contributed by atoms with E-state index in [0.29, 0.717) is 0 Å². The number of likely N-dealkylation sites (tertiary alicyclic amines) is 1. The van der Waals surface area contributed by atoms with Crippen LogP contribution in [0.3, 0.4) is 0 Å². The molecule has 0 aliphatic carbocycles. The molecule has 2 aliphatic heterocycles. The zero-order valence-corrected chi connectivity index (χ0v) is 12.3. The SMILES string of the molecule is CC1(C)CCCN1C(=O)NCCN1CCCOCC1. The molecule has 0 radical (unpaired) electrons. The molecule has 0 aromatic rings. The maximum Gasteiger partial charge on any atom is 0.317 e. The van der Waals surface area contributed by atoms with E-state index in [4.69, 9.17) is 4.74 Å². The molecule has 0 bridgehead atoms. The minimum absolute atomic E-state index is 0.0144.